The number of carboxylic acids is 2. The Morgan fingerprint density at radius 1 is 1.13 bits per heavy atom. The summed E-state index contributed by atoms with van der Waals surface area (Å²) in [4.78, 5) is 71.1. The van der Waals surface area contributed by atoms with Crippen molar-refractivity contribution >= 4 is 35.6 Å². The summed E-state index contributed by atoms with van der Waals surface area (Å²) >= 11 is 0. The van der Waals surface area contributed by atoms with Crippen LogP contribution in [0.3, 0.4) is 0 Å². The lowest BCUT2D eigenvalue weighted by Gasteiger charge is -2.28. The van der Waals surface area contributed by atoms with Crippen LogP contribution in [0.15, 0.2) is 0 Å². The molecular formula is C17H27N5O8. The normalized spacial score (nSPS) is 18.7. The van der Waals surface area contributed by atoms with Crippen LogP contribution in [0, 0.1) is 0 Å². The zero-order chi connectivity index (χ0) is 23.0. The first-order valence-electron chi connectivity index (χ1n) is 9.33. The van der Waals surface area contributed by atoms with Gasteiger partial charge in [-0.25, -0.2) is 4.79 Å². The number of likely N-dealkylation sites (tertiary alicyclic amines) is 1. The Labute approximate surface area is 172 Å². The van der Waals surface area contributed by atoms with Crippen LogP contribution in [-0.4, -0.2) is 81.4 Å². The lowest BCUT2D eigenvalue weighted by molar-refractivity contribution is -0.145. The molecule has 4 atom stereocenters. The van der Waals surface area contributed by atoms with Gasteiger partial charge >= 0.3 is 11.9 Å². The molecular weight excluding hydrogens is 402 g/mol. The van der Waals surface area contributed by atoms with E-state index in [4.69, 9.17) is 16.6 Å². The van der Waals surface area contributed by atoms with Crippen molar-refractivity contribution in [1.29, 1.82) is 0 Å². The Morgan fingerprint density at radius 3 is 2.30 bits per heavy atom. The fourth-order valence-electron chi connectivity index (χ4n) is 3.03. The van der Waals surface area contributed by atoms with Crippen molar-refractivity contribution in [3.05, 3.63) is 0 Å². The lowest BCUT2D eigenvalue weighted by Crippen LogP contribution is -2.56. The number of nitrogens with one attached hydrogen (secondary N) is 2. The number of carbonyl (C=O) groups excluding carboxylic acids is 4. The highest BCUT2D eigenvalue weighted by molar-refractivity contribution is 5.95. The second-order valence-electron chi connectivity index (χ2n) is 7.03. The molecule has 1 saturated heterocycles. The van der Waals surface area contributed by atoms with Crippen molar-refractivity contribution in [1.82, 2.24) is 15.5 Å². The van der Waals surface area contributed by atoms with Gasteiger partial charge in [0.15, 0.2) is 0 Å². The minimum absolute atomic E-state index is 0.189. The first-order valence-corrected chi connectivity index (χ1v) is 9.33. The van der Waals surface area contributed by atoms with Gasteiger partial charge in [0.05, 0.1) is 12.5 Å². The summed E-state index contributed by atoms with van der Waals surface area (Å²) in [5, 5.41) is 22.5. The zero-order valence-electron chi connectivity index (χ0n) is 16.5. The molecule has 168 valence electrons. The molecule has 4 amide bonds. The molecule has 1 heterocycles. The summed E-state index contributed by atoms with van der Waals surface area (Å²) < 4.78 is 0. The van der Waals surface area contributed by atoms with Gasteiger partial charge in [0.2, 0.25) is 23.6 Å². The minimum Gasteiger partial charge on any atom is -0.481 e. The van der Waals surface area contributed by atoms with Gasteiger partial charge in [-0.15, -0.1) is 0 Å². The van der Waals surface area contributed by atoms with Gasteiger partial charge in [0.25, 0.3) is 0 Å². The summed E-state index contributed by atoms with van der Waals surface area (Å²) in [7, 11) is 0. The average molecular weight is 429 g/mol. The molecule has 1 fully saturated rings. The monoisotopic (exact) mass is 429 g/mol. The predicted molar refractivity (Wildman–Crippen MR) is 101 cm³/mol. The number of carbonyl (C=O) groups is 6. The molecule has 1 aliphatic rings. The standard InChI is InChI=1S/C17H27N5O8/c1-8(20-14(26)9(18)7-13(24)25)16(28)22-6-2-3-11(22)15(27)21-10(17(29)30)4-5-12(19)23/h8-11H,2-7,18H2,1H3,(H2,19,23)(H,20,26)(H,21,27)(H,24,25)(H,29,30). The molecule has 1 rings (SSSR count). The third-order valence-electron chi connectivity index (χ3n) is 4.59. The number of nitrogens with zero attached hydrogens (tertiary/aromatic N) is 1. The molecule has 13 nitrogen and oxygen atoms in total. The number of amides is 4. The molecule has 13 heteroatoms. The maximum atomic E-state index is 12.7. The second kappa shape index (κ2) is 11.1. The second-order valence-corrected chi connectivity index (χ2v) is 7.03. The summed E-state index contributed by atoms with van der Waals surface area (Å²) in [5.41, 5.74) is 10.5. The van der Waals surface area contributed by atoms with E-state index in [1.165, 1.54) is 11.8 Å². The third kappa shape index (κ3) is 7.31. The predicted octanol–water partition coefficient (Wildman–Crippen LogP) is -2.88. The van der Waals surface area contributed by atoms with Crippen molar-refractivity contribution in [3.63, 3.8) is 0 Å². The Kier molecular flexibility index (Phi) is 9.17. The molecule has 0 aromatic carbocycles. The van der Waals surface area contributed by atoms with Gasteiger partial charge in [-0.05, 0) is 26.2 Å². The summed E-state index contributed by atoms with van der Waals surface area (Å²) in [6, 6.07) is -4.69. The third-order valence-corrected chi connectivity index (χ3v) is 4.59. The lowest BCUT2D eigenvalue weighted by atomic mass is 10.1. The average Bonchev–Trinajstić information content (AvgIpc) is 3.12. The molecule has 8 N–H and O–H groups in total. The van der Waals surface area contributed by atoms with Crippen molar-refractivity contribution in [2.24, 2.45) is 11.5 Å². The van der Waals surface area contributed by atoms with E-state index in [-0.39, 0.29) is 19.4 Å². The van der Waals surface area contributed by atoms with Crippen LogP contribution in [0.4, 0.5) is 0 Å². The number of hydrogen-bond donors (Lipinski definition) is 6. The number of primary amides is 1. The van der Waals surface area contributed by atoms with Crippen LogP contribution in [0.5, 0.6) is 0 Å². The molecule has 0 saturated carbocycles. The molecule has 4 unspecified atom stereocenters. The van der Waals surface area contributed by atoms with Crippen LogP contribution in [0.2, 0.25) is 0 Å². The van der Waals surface area contributed by atoms with Crippen molar-refractivity contribution < 1.29 is 39.0 Å². The number of carboxylic acid groups (broad SMARTS) is 2. The van der Waals surface area contributed by atoms with E-state index in [9.17, 15) is 33.9 Å². The number of nitrogens with two attached hydrogens (primary N) is 2. The molecule has 0 bridgehead atoms. The largest absolute Gasteiger partial charge is 0.481 e. The molecule has 0 aromatic rings. The fraction of sp³-hybridized carbons (Fsp3) is 0.647. The van der Waals surface area contributed by atoms with Gasteiger partial charge in [0, 0.05) is 13.0 Å². The van der Waals surface area contributed by atoms with E-state index >= 15 is 0 Å². The Balaban J connectivity index is 2.74. The first-order chi connectivity index (χ1) is 13.9. The van der Waals surface area contributed by atoms with Crippen LogP contribution in [-0.2, 0) is 28.8 Å². The van der Waals surface area contributed by atoms with Gasteiger partial charge in [-0.3, -0.25) is 24.0 Å². The summed E-state index contributed by atoms with van der Waals surface area (Å²) in [6.45, 7) is 1.59. The van der Waals surface area contributed by atoms with E-state index < -0.39 is 66.2 Å². The summed E-state index contributed by atoms with van der Waals surface area (Å²) in [5.74, 6) is -5.42. The number of aliphatic carboxylic acids is 2. The van der Waals surface area contributed by atoms with Crippen molar-refractivity contribution in [2.75, 3.05) is 6.54 Å². The van der Waals surface area contributed by atoms with Crippen LogP contribution < -0.4 is 22.1 Å². The highest BCUT2D eigenvalue weighted by Crippen LogP contribution is 2.19. The molecule has 0 spiro atoms. The van der Waals surface area contributed by atoms with E-state index in [0.29, 0.717) is 12.8 Å². The van der Waals surface area contributed by atoms with Gasteiger partial charge in [0.1, 0.15) is 18.1 Å². The molecule has 30 heavy (non-hydrogen) atoms. The molecule has 0 radical (unpaired) electrons. The first kappa shape index (κ1) is 24.8. The highest BCUT2D eigenvalue weighted by Gasteiger charge is 2.38. The Hall–Kier alpha value is -3.22. The van der Waals surface area contributed by atoms with Crippen LogP contribution in [0.25, 0.3) is 0 Å². The van der Waals surface area contributed by atoms with Gasteiger partial charge < -0.3 is 37.2 Å². The Bertz CT molecular complexity index is 712. The van der Waals surface area contributed by atoms with E-state index in [0.717, 1.165) is 0 Å². The summed E-state index contributed by atoms with van der Waals surface area (Å²) in [6.07, 6.45) is -0.250. The van der Waals surface area contributed by atoms with Gasteiger partial charge in [-0.1, -0.05) is 0 Å². The molecule has 0 aliphatic carbocycles. The van der Waals surface area contributed by atoms with Gasteiger partial charge in [-0.2, -0.15) is 0 Å². The van der Waals surface area contributed by atoms with E-state index in [1.807, 2.05) is 0 Å². The fourth-order valence-corrected chi connectivity index (χ4v) is 3.03. The minimum atomic E-state index is -1.34. The SMILES string of the molecule is CC(NC(=O)C(N)CC(=O)O)C(=O)N1CCCC1C(=O)NC(CCC(N)=O)C(=O)O. The zero-order valence-corrected chi connectivity index (χ0v) is 16.5. The van der Waals surface area contributed by atoms with Crippen molar-refractivity contribution in [2.45, 2.75) is 63.2 Å². The molecule has 1 aliphatic heterocycles. The number of rotatable bonds is 11. The van der Waals surface area contributed by atoms with Crippen LogP contribution >= 0.6 is 0 Å². The van der Waals surface area contributed by atoms with Crippen LogP contribution in [0.1, 0.15) is 39.0 Å². The highest BCUT2D eigenvalue weighted by atomic mass is 16.4. The maximum absolute atomic E-state index is 12.7. The smallest absolute Gasteiger partial charge is 0.326 e. The number of hydrogen-bond acceptors (Lipinski definition) is 7. The van der Waals surface area contributed by atoms with E-state index in [1.54, 1.807) is 0 Å². The van der Waals surface area contributed by atoms with Crippen molar-refractivity contribution in [3.8, 4) is 0 Å². The molecule has 0 aromatic heterocycles. The Morgan fingerprint density at radius 2 is 1.77 bits per heavy atom. The maximum Gasteiger partial charge on any atom is 0.326 e. The topological polar surface area (TPSA) is 222 Å². The van der Waals surface area contributed by atoms with E-state index in [2.05, 4.69) is 10.6 Å². The quantitative estimate of drug-likeness (QED) is 0.198.